The lowest BCUT2D eigenvalue weighted by Crippen LogP contribution is -2.69. The highest BCUT2D eigenvalue weighted by Crippen LogP contribution is 2.54. The van der Waals surface area contributed by atoms with Crippen molar-refractivity contribution in [3.8, 4) is 0 Å². The third-order valence-corrected chi connectivity index (χ3v) is 5.97. The number of ether oxygens (including phenoxy) is 2. The molecule has 0 spiro atoms. The normalized spacial score (nSPS) is 56.0. The summed E-state index contributed by atoms with van der Waals surface area (Å²) in [5, 5.41) is 9.80. The van der Waals surface area contributed by atoms with Crippen LogP contribution in [0.3, 0.4) is 0 Å². The van der Waals surface area contributed by atoms with E-state index in [1.165, 1.54) is 0 Å². The highest BCUT2D eigenvalue weighted by molar-refractivity contribution is 5.09. The second-order valence-electron chi connectivity index (χ2n) is 6.96. The number of hydrogen-bond acceptors (Lipinski definition) is 5. The molecule has 1 unspecified atom stereocenters. The minimum absolute atomic E-state index is 0.0407. The predicted molar refractivity (Wildman–Crippen MR) is 73.9 cm³/mol. The number of rotatable bonds is 1. The van der Waals surface area contributed by atoms with E-state index in [1.54, 1.807) is 0 Å². The first-order valence-electron chi connectivity index (χ1n) is 7.89. The predicted octanol–water partition coefficient (Wildman–Crippen LogP) is 2.15. The van der Waals surface area contributed by atoms with Crippen molar-refractivity contribution in [3.63, 3.8) is 0 Å². The second kappa shape index (κ2) is 5.21. The minimum Gasteiger partial charge on any atom is -0.347 e. The fourth-order valence-corrected chi connectivity index (χ4v) is 4.63. The first-order valence-corrected chi connectivity index (χ1v) is 7.89. The van der Waals surface area contributed by atoms with Gasteiger partial charge in [0.2, 0.25) is 0 Å². The standard InChI is InChI=1S/C15H27NO4/c1-8-4-5-12-13(16)7-6-11-9(2)10(3)19-14(18-8)15(11,12)20-17/h8-14,17H,4-7,16H2,1-3H3/t8-,9-,10+,11-,12?,13+,14-,15-/m0/s1. The van der Waals surface area contributed by atoms with Gasteiger partial charge in [-0.25, -0.2) is 4.89 Å². The van der Waals surface area contributed by atoms with Gasteiger partial charge in [0, 0.05) is 17.9 Å². The van der Waals surface area contributed by atoms with E-state index >= 15 is 0 Å². The van der Waals surface area contributed by atoms with Gasteiger partial charge in [0.25, 0.3) is 0 Å². The monoisotopic (exact) mass is 285 g/mol. The molecule has 20 heavy (non-hydrogen) atoms. The zero-order valence-corrected chi connectivity index (χ0v) is 12.6. The maximum Gasteiger partial charge on any atom is 0.190 e. The molecule has 3 fully saturated rings. The van der Waals surface area contributed by atoms with Crippen LogP contribution in [-0.4, -0.2) is 35.4 Å². The summed E-state index contributed by atoms with van der Waals surface area (Å²) in [5.74, 6) is 0.651. The Hall–Kier alpha value is -0.200. The van der Waals surface area contributed by atoms with Gasteiger partial charge in [-0.2, -0.15) is 0 Å². The SMILES string of the molecule is C[C@H]1[C@@H](C)O[C@@H]2O[C@@H](C)CCC3[C@H](N)CC[C@@H]1[C@]32OO. The van der Waals surface area contributed by atoms with Gasteiger partial charge in [-0.05, 0) is 45.4 Å². The van der Waals surface area contributed by atoms with Crippen LogP contribution >= 0.6 is 0 Å². The molecule has 1 saturated carbocycles. The van der Waals surface area contributed by atoms with Crippen LogP contribution in [0.1, 0.15) is 46.5 Å². The van der Waals surface area contributed by atoms with Crippen LogP contribution in [0.2, 0.25) is 0 Å². The molecule has 2 heterocycles. The van der Waals surface area contributed by atoms with Crippen LogP contribution in [0.15, 0.2) is 0 Å². The van der Waals surface area contributed by atoms with Crippen molar-refractivity contribution < 1.29 is 19.6 Å². The highest BCUT2D eigenvalue weighted by Gasteiger charge is 2.64. The molecule has 2 aliphatic heterocycles. The molecule has 0 aromatic heterocycles. The lowest BCUT2D eigenvalue weighted by atomic mass is 9.59. The summed E-state index contributed by atoms with van der Waals surface area (Å²) in [6, 6.07) is 0.0407. The van der Waals surface area contributed by atoms with Crippen molar-refractivity contribution in [2.75, 3.05) is 0 Å². The fourth-order valence-electron chi connectivity index (χ4n) is 4.63. The van der Waals surface area contributed by atoms with Crippen LogP contribution < -0.4 is 5.73 Å². The molecule has 5 nitrogen and oxygen atoms in total. The maximum atomic E-state index is 9.80. The third kappa shape index (κ3) is 1.95. The van der Waals surface area contributed by atoms with Crippen molar-refractivity contribution in [1.82, 2.24) is 0 Å². The van der Waals surface area contributed by atoms with E-state index in [1.807, 2.05) is 0 Å². The molecule has 0 bridgehead atoms. The zero-order valence-electron chi connectivity index (χ0n) is 12.6. The molecule has 116 valence electrons. The maximum absolute atomic E-state index is 9.80. The molecular formula is C15H27NO4. The van der Waals surface area contributed by atoms with E-state index in [9.17, 15) is 5.26 Å². The Labute approximate surface area is 120 Å². The van der Waals surface area contributed by atoms with Gasteiger partial charge in [0.15, 0.2) is 11.9 Å². The minimum atomic E-state index is -0.797. The lowest BCUT2D eigenvalue weighted by molar-refractivity contribution is -0.440. The smallest absolute Gasteiger partial charge is 0.190 e. The summed E-state index contributed by atoms with van der Waals surface area (Å²) < 4.78 is 12.1. The Bertz CT molecular complexity index is 362. The second-order valence-corrected chi connectivity index (χ2v) is 6.96. The molecule has 2 saturated heterocycles. The topological polar surface area (TPSA) is 73.9 Å². The summed E-state index contributed by atoms with van der Waals surface area (Å²) in [4.78, 5) is 5.14. The molecule has 8 atom stereocenters. The van der Waals surface area contributed by atoms with E-state index in [4.69, 9.17) is 20.1 Å². The largest absolute Gasteiger partial charge is 0.347 e. The van der Waals surface area contributed by atoms with E-state index in [0.29, 0.717) is 5.92 Å². The Morgan fingerprint density at radius 1 is 1.05 bits per heavy atom. The molecule has 0 radical (unpaired) electrons. The van der Waals surface area contributed by atoms with E-state index in [-0.39, 0.29) is 30.1 Å². The summed E-state index contributed by atoms with van der Waals surface area (Å²) in [7, 11) is 0. The van der Waals surface area contributed by atoms with Crippen molar-refractivity contribution in [2.45, 2.75) is 76.6 Å². The van der Waals surface area contributed by atoms with Crippen molar-refractivity contribution in [1.29, 1.82) is 0 Å². The molecule has 3 aliphatic rings. The highest BCUT2D eigenvalue weighted by atomic mass is 17.1. The van der Waals surface area contributed by atoms with Crippen molar-refractivity contribution in [3.05, 3.63) is 0 Å². The molecule has 3 rings (SSSR count). The average molecular weight is 285 g/mol. The summed E-state index contributed by atoms with van der Waals surface area (Å²) in [6.45, 7) is 6.30. The van der Waals surface area contributed by atoms with Crippen molar-refractivity contribution >= 4 is 0 Å². The van der Waals surface area contributed by atoms with Crippen LogP contribution in [0.25, 0.3) is 0 Å². The molecule has 0 amide bonds. The number of hydrogen-bond donors (Lipinski definition) is 2. The van der Waals surface area contributed by atoms with Gasteiger partial charge in [0.05, 0.1) is 12.2 Å². The average Bonchev–Trinajstić information content (AvgIpc) is 2.56. The summed E-state index contributed by atoms with van der Waals surface area (Å²) in [6.07, 6.45) is 3.48. The van der Waals surface area contributed by atoms with Gasteiger partial charge in [-0.3, -0.25) is 5.26 Å². The number of nitrogens with two attached hydrogens (primary N) is 1. The van der Waals surface area contributed by atoms with E-state index in [2.05, 4.69) is 20.8 Å². The van der Waals surface area contributed by atoms with E-state index < -0.39 is 11.9 Å². The molecule has 5 heteroatoms. The Kier molecular flexibility index (Phi) is 3.84. The van der Waals surface area contributed by atoms with E-state index in [0.717, 1.165) is 25.7 Å². The lowest BCUT2D eigenvalue weighted by Gasteiger charge is -2.57. The molecule has 0 aromatic carbocycles. The zero-order chi connectivity index (χ0) is 14.5. The molecular weight excluding hydrogens is 258 g/mol. The van der Waals surface area contributed by atoms with Gasteiger partial charge >= 0.3 is 0 Å². The summed E-state index contributed by atoms with van der Waals surface area (Å²) in [5.41, 5.74) is 5.55. The first kappa shape index (κ1) is 14.7. The first-order chi connectivity index (χ1) is 9.50. The van der Waals surface area contributed by atoms with Crippen molar-refractivity contribution in [2.24, 2.45) is 23.5 Å². The Morgan fingerprint density at radius 2 is 1.75 bits per heavy atom. The molecule has 0 aromatic rings. The Morgan fingerprint density at radius 3 is 2.45 bits per heavy atom. The molecule has 3 N–H and O–H groups in total. The van der Waals surface area contributed by atoms with Crippen LogP contribution in [0.5, 0.6) is 0 Å². The van der Waals surface area contributed by atoms with Gasteiger partial charge in [-0.1, -0.05) is 6.92 Å². The quantitative estimate of drug-likeness (QED) is 0.570. The van der Waals surface area contributed by atoms with Gasteiger partial charge in [-0.15, -0.1) is 0 Å². The van der Waals surface area contributed by atoms with Crippen LogP contribution in [0.4, 0.5) is 0 Å². The van der Waals surface area contributed by atoms with Gasteiger partial charge < -0.3 is 15.2 Å². The fraction of sp³-hybridized carbons (Fsp3) is 1.00. The molecule has 1 aliphatic carbocycles. The Balaban J connectivity index is 2.04. The summed E-state index contributed by atoms with van der Waals surface area (Å²) >= 11 is 0. The third-order valence-electron chi connectivity index (χ3n) is 5.97. The van der Waals surface area contributed by atoms with Crippen LogP contribution in [-0.2, 0) is 14.4 Å². The van der Waals surface area contributed by atoms with Gasteiger partial charge in [0.1, 0.15) is 0 Å². The van der Waals surface area contributed by atoms with Crippen LogP contribution in [0, 0.1) is 17.8 Å².